The molecule has 2 heteroatoms. The molecule has 0 amide bonds. The molecule has 0 heterocycles. The number of hydrogen-bond donors (Lipinski definition) is 0. The predicted molar refractivity (Wildman–Crippen MR) is 67.1 cm³/mol. The van der Waals surface area contributed by atoms with E-state index in [1.54, 1.807) is 0 Å². The average Bonchev–Trinajstić information content (AvgIpc) is 2.70. The van der Waals surface area contributed by atoms with Crippen molar-refractivity contribution < 1.29 is 4.79 Å². The molecule has 2 rings (SSSR count). The van der Waals surface area contributed by atoms with Crippen LogP contribution in [0, 0.1) is 12.8 Å². The van der Waals surface area contributed by atoms with Gasteiger partial charge < -0.3 is 0 Å². The summed E-state index contributed by atoms with van der Waals surface area (Å²) in [5.74, 6) is 0.793. The van der Waals surface area contributed by atoms with Gasteiger partial charge in [-0.25, -0.2) is 0 Å². The molecule has 1 saturated carbocycles. The van der Waals surface area contributed by atoms with Crippen molar-refractivity contribution in [2.24, 2.45) is 5.92 Å². The van der Waals surface area contributed by atoms with Gasteiger partial charge in [-0.15, -0.1) is 0 Å². The smallest absolute Gasteiger partial charge is 0.164 e. The van der Waals surface area contributed by atoms with E-state index in [4.69, 9.17) is 11.6 Å². The zero-order valence-corrected chi connectivity index (χ0v) is 10.4. The fraction of sp³-hybridized carbons (Fsp3) is 0.500. The van der Waals surface area contributed by atoms with Gasteiger partial charge >= 0.3 is 0 Å². The maximum Gasteiger partial charge on any atom is 0.164 e. The minimum Gasteiger partial charge on any atom is -0.294 e. The molecule has 0 bridgehead atoms. The summed E-state index contributed by atoms with van der Waals surface area (Å²) in [7, 11) is 0. The van der Waals surface area contributed by atoms with Crippen molar-refractivity contribution in [2.75, 3.05) is 0 Å². The summed E-state index contributed by atoms with van der Waals surface area (Å²) >= 11 is 6.09. The van der Waals surface area contributed by atoms with Crippen LogP contribution >= 0.6 is 11.6 Å². The number of hydrogen-bond acceptors (Lipinski definition) is 1. The second kappa shape index (κ2) is 5.01. The Morgan fingerprint density at radius 3 is 2.69 bits per heavy atom. The first kappa shape index (κ1) is 11.7. The van der Waals surface area contributed by atoms with Gasteiger partial charge in [0, 0.05) is 12.0 Å². The topological polar surface area (TPSA) is 17.1 Å². The van der Waals surface area contributed by atoms with Crippen LogP contribution in [0.25, 0.3) is 0 Å². The summed E-state index contributed by atoms with van der Waals surface area (Å²) in [4.78, 5) is 12.0. The highest BCUT2D eigenvalue weighted by molar-refractivity contribution is 6.34. The molecule has 1 aromatic carbocycles. The van der Waals surface area contributed by atoms with Gasteiger partial charge in [-0.2, -0.15) is 0 Å². The summed E-state index contributed by atoms with van der Waals surface area (Å²) in [6.07, 6.45) is 5.63. The summed E-state index contributed by atoms with van der Waals surface area (Å²) < 4.78 is 0. The Balaban J connectivity index is 2.08. The first-order valence-electron chi connectivity index (χ1n) is 5.96. The summed E-state index contributed by atoms with van der Waals surface area (Å²) in [6, 6.07) is 5.67. The lowest BCUT2D eigenvalue weighted by Crippen LogP contribution is -2.06. The number of benzene rings is 1. The van der Waals surface area contributed by atoms with Crippen molar-refractivity contribution >= 4 is 17.4 Å². The van der Waals surface area contributed by atoms with E-state index in [1.807, 2.05) is 25.1 Å². The number of ketones is 1. The van der Waals surface area contributed by atoms with Crippen molar-refractivity contribution in [3.8, 4) is 0 Å². The largest absolute Gasteiger partial charge is 0.294 e. The second-order valence-corrected chi connectivity index (χ2v) is 5.17. The van der Waals surface area contributed by atoms with Gasteiger partial charge in [0.2, 0.25) is 0 Å². The third-order valence-electron chi connectivity index (χ3n) is 3.37. The van der Waals surface area contributed by atoms with Gasteiger partial charge in [0.25, 0.3) is 0 Å². The molecule has 1 fully saturated rings. The Labute approximate surface area is 102 Å². The predicted octanol–water partition coefficient (Wildman–Crippen LogP) is 4.41. The molecule has 0 aliphatic heterocycles. The van der Waals surface area contributed by atoms with E-state index >= 15 is 0 Å². The molecule has 86 valence electrons. The lowest BCUT2D eigenvalue weighted by Gasteiger charge is -2.09. The molecule has 1 aromatic rings. The van der Waals surface area contributed by atoms with Gasteiger partial charge in [0.1, 0.15) is 0 Å². The summed E-state index contributed by atoms with van der Waals surface area (Å²) in [5.41, 5.74) is 1.79. The molecular formula is C14H17ClO. The Bertz CT molecular complexity index is 392. The van der Waals surface area contributed by atoms with E-state index in [-0.39, 0.29) is 5.78 Å². The number of carbonyl (C=O) groups is 1. The molecule has 1 aliphatic carbocycles. The summed E-state index contributed by atoms with van der Waals surface area (Å²) in [6.45, 7) is 1.98. The fourth-order valence-electron chi connectivity index (χ4n) is 2.43. The van der Waals surface area contributed by atoms with E-state index in [1.165, 1.54) is 25.7 Å². The Hall–Kier alpha value is -0.820. The highest BCUT2D eigenvalue weighted by Crippen LogP contribution is 2.30. The van der Waals surface area contributed by atoms with E-state index in [0.717, 1.165) is 5.56 Å². The maximum atomic E-state index is 12.0. The van der Waals surface area contributed by atoms with Crippen LogP contribution in [0.15, 0.2) is 18.2 Å². The molecule has 0 saturated heterocycles. The third kappa shape index (κ3) is 2.65. The lowest BCUT2D eigenvalue weighted by atomic mass is 9.96. The monoisotopic (exact) mass is 236 g/mol. The first-order chi connectivity index (χ1) is 7.66. The van der Waals surface area contributed by atoms with Crippen molar-refractivity contribution in [3.05, 3.63) is 34.3 Å². The zero-order valence-electron chi connectivity index (χ0n) is 9.63. The lowest BCUT2D eigenvalue weighted by molar-refractivity contribution is 0.0962. The Kier molecular flexibility index (Phi) is 3.65. The highest BCUT2D eigenvalue weighted by Gasteiger charge is 2.20. The third-order valence-corrected chi connectivity index (χ3v) is 3.69. The summed E-state index contributed by atoms with van der Waals surface area (Å²) in [5, 5.41) is 0.600. The molecule has 0 N–H and O–H groups in total. The van der Waals surface area contributed by atoms with Crippen LogP contribution in [0.1, 0.15) is 48.0 Å². The Morgan fingerprint density at radius 2 is 2.06 bits per heavy atom. The SMILES string of the molecule is Cc1ccc(C(=O)CC2CCCC2)c(Cl)c1. The Morgan fingerprint density at radius 1 is 1.38 bits per heavy atom. The number of Topliss-reactive ketones (excluding diaryl/α,β-unsaturated/α-hetero) is 1. The van der Waals surface area contributed by atoms with E-state index < -0.39 is 0 Å². The molecule has 0 spiro atoms. The van der Waals surface area contributed by atoms with Crippen LogP contribution in [0.5, 0.6) is 0 Å². The van der Waals surface area contributed by atoms with E-state index in [9.17, 15) is 4.79 Å². The van der Waals surface area contributed by atoms with Crippen LogP contribution < -0.4 is 0 Å². The molecule has 0 unspecified atom stereocenters. The van der Waals surface area contributed by atoms with Crippen molar-refractivity contribution in [1.29, 1.82) is 0 Å². The molecule has 0 atom stereocenters. The van der Waals surface area contributed by atoms with Crippen LogP contribution in [0.2, 0.25) is 5.02 Å². The van der Waals surface area contributed by atoms with Crippen molar-refractivity contribution in [3.63, 3.8) is 0 Å². The van der Waals surface area contributed by atoms with Gasteiger partial charge in [-0.1, -0.05) is 43.4 Å². The van der Waals surface area contributed by atoms with Crippen LogP contribution in [0.4, 0.5) is 0 Å². The molecule has 0 aromatic heterocycles. The molecular weight excluding hydrogens is 220 g/mol. The van der Waals surface area contributed by atoms with E-state index in [2.05, 4.69) is 0 Å². The molecule has 16 heavy (non-hydrogen) atoms. The van der Waals surface area contributed by atoms with Crippen molar-refractivity contribution in [1.82, 2.24) is 0 Å². The van der Waals surface area contributed by atoms with Crippen LogP contribution in [0.3, 0.4) is 0 Å². The molecule has 1 aliphatic rings. The maximum absolute atomic E-state index is 12.0. The highest BCUT2D eigenvalue weighted by atomic mass is 35.5. The minimum absolute atomic E-state index is 0.205. The number of rotatable bonds is 3. The quantitative estimate of drug-likeness (QED) is 0.711. The average molecular weight is 237 g/mol. The second-order valence-electron chi connectivity index (χ2n) is 4.76. The fourth-order valence-corrected chi connectivity index (χ4v) is 2.77. The van der Waals surface area contributed by atoms with Gasteiger partial charge in [0.05, 0.1) is 5.02 Å². The normalized spacial score (nSPS) is 16.6. The van der Waals surface area contributed by atoms with Gasteiger partial charge in [-0.3, -0.25) is 4.79 Å². The van der Waals surface area contributed by atoms with Gasteiger partial charge in [-0.05, 0) is 30.5 Å². The zero-order chi connectivity index (χ0) is 11.5. The molecule has 1 nitrogen and oxygen atoms in total. The number of halogens is 1. The minimum atomic E-state index is 0.205. The molecule has 0 radical (unpaired) electrons. The van der Waals surface area contributed by atoms with Gasteiger partial charge in [0.15, 0.2) is 5.78 Å². The van der Waals surface area contributed by atoms with Crippen LogP contribution in [-0.4, -0.2) is 5.78 Å². The first-order valence-corrected chi connectivity index (χ1v) is 6.34. The number of aryl methyl sites for hydroxylation is 1. The van der Waals surface area contributed by atoms with Crippen molar-refractivity contribution in [2.45, 2.75) is 39.0 Å². The standard InChI is InChI=1S/C14H17ClO/c1-10-6-7-12(13(15)8-10)14(16)9-11-4-2-3-5-11/h6-8,11H,2-5,9H2,1H3. The van der Waals surface area contributed by atoms with E-state index in [0.29, 0.717) is 22.9 Å². The van der Waals surface area contributed by atoms with Crippen LogP contribution in [-0.2, 0) is 0 Å². The number of carbonyl (C=O) groups excluding carboxylic acids is 1.